The Morgan fingerprint density at radius 1 is 1.04 bits per heavy atom. The van der Waals surface area contributed by atoms with Crippen LogP contribution in [-0.4, -0.2) is 30.8 Å². The number of azo groups is 1. The highest BCUT2D eigenvalue weighted by Gasteiger charge is 2.34. The molecule has 0 saturated carbocycles. The number of carbonyl (C=O) groups is 1. The summed E-state index contributed by atoms with van der Waals surface area (Å²) < 4.78 is 0. The summed E-state index contributed by atoms with van der Waals surface area (Å²) in [6, 6.07) is 16.6. The van der Waals surface area contributed by atoms with Gasteiger partial charge in [-0.3, -0.25) is 4.79 Å². The Bertz CT molecular complexity index is 810. The average molecular weight is 349 g/mol. The molecule has 2 aromatic carbocycles. The highest BCUT2D eigenvalue weighted by atomic mass is 16.2. The van der Waals surface area contributed by atoms with Crippen molar-refractivity contribution in [1.29, 1.82) is 0 Å². The average Bonchev–Trinajstić information content (AvgIpc) is 2.97. The van der Waals surface area contributed by atoms with Crippen molar-refractivity contribution in [3.8, 4) is 0 Å². The number of nitrogens with zero attached hydrogens (tertiary/aromatic N) is 5. The van der Waals surface area contributed by atoms with E-state index < -0.39 is 6.04 Å². The van der Waals surface area contributed by atoms with Crippen molar-refractivity contribution >= 4 is 28.7 Å². The Labute approximate surface area is 153 Å². The number of para-hydroxylation sites is 1. The quantitative estimate of drug-likeness (QED) is 0.725. The fourth-order valence-corrected chi connectivity index (χ4v) is 2.89. The Morgan fingerprint density at radius 2 is 1.69 bits per heavy atom. The van der Waals surface area contributed by atoms with Crippen LogP contribution in [0.25, 0.3) is 0 Å². The van der Waals surface area contributed by atoms with Gasteiger partial charge in [0, 0.05) is 18.8 Å². The van der Waals surface area contributed by atoms with Crippen molar-refractivity contribution < 1.29 is 4.79 Å². The molecule has 6 heteroatoms. The van der Waals surface area contributed by atoms with Gasteiger partial charge in [-0.2, -0.15) is 20.3 Å². The monoisotopic (exact) mass is 349 g/mol. The lowest BCUT2D eigenvalue weighted by Gasteiger charge is -2.20. The lowest BCUT2D eigenvalue weighted by molar-refractivity contribution is -0.117. The number of rotatable bonds is 6. The first kappa shape index (κ1) is 17.8. The normalized spacial score (nSPS) is 17.0. The molecule has 0 bridgehead atoms. The Morgan fingerprint density at radius 3 is 2.31 bits per heavy atom. The van der Waals surface area contributed by atoms with E-state index in [0.717, 1.165) is 30.2 Å². The summed E-state index contributed by atoms with van der Waals surface area (Å²) in [6.45, 7) is 7.97. The molecule has 0 aromatic heterocycles. The number of hydrogen-bond donors (Lipinski definition) is 0. The molecule has 0 radical (unpaired) electrons. The van der Waals surface area contributed by atoms with Crippen LogP contribution in [0, 0.1) is 0 Å². The molecule has 6 nitrogen and oxygen atoms in total. The Hall–Kier alpha value is -3.02. The molecule has 0 spiro atoms. The van der Waals surface area contributed by atoms with Crippen molar-refractivity contribution in [2.24, 2.45) is 15.3 Å². The summed E-state index contributed by atoms with van der Waals surface area (Å²) in [6.07, 6.45) is 0. The molecule has 1 atom stereocenters. The zero-order chi connectivity index (χ0) is 18.5. The van der Waals surface area contributed by atoms with Crippen molar-refractivity contribution in [2.45, 2.75) is 26.8 Å². The predicted molar refractivity (Wildman–Crippen MR) is 105 cm³/mol. The molecule has 1 heterocycles. The highest BCUT2D eigenvalue weighted by Crippen LogP contribution is 2.24. The Kier molecular flexibility index (Phi) is 5.41. The van der Waals surface area contributed by atoms with Gasteiger partial charge in [0.2, 0.25) is 0 Å². The van der Waals surface area contributed by atoms with Crippen LogP contribution in [0.1, 0.15) is 20.8 Å². The standard InChI is InChI=1S/C20H23N5O/c1-4-24(5-2)17-13-11-16(12-14-17)21-22-19-15(3)23-25(20(19)26)18-9-7-6-8-10-18/h6-14,19H,4-5H2,1-3H3. The molecule has 26 heavy (non-hydrogen) atoms. The van der Waals surface area contributed by atoms with E-state index in [2.05, 4.69) is 34.1 Å². The van der Waals surface area contributed by atoms with E-state index in [9.17, 15) is 4.79 Å². The number of benzene rings is 2. The summed E-state index contributed by atoms with van der Waals surface area (Å²) >= 11 is 0. The highest BCUT2D eigenvalue weighted by molar-refractivity contribution is 6.18. The van der Waals surface area contributed by atoms with Crippen LogP contribution in [-0.2, 0) is 4.79 Å². The van der Waals surface area contributed by atoms with E-state index in [0.29, 0.717) is 5.71 Å². The lowest BCUT2D eigenvalue weighted by Crippen LogP contribution is -2.29. The maximum absolute atomic E-state index is 12.6. The third-order valence-corrected chi connectivity index (χ3v) is 4.36. The maximum atomic E-state index is 12.6. The molecule has 0 N–H and O–H groups in total. The third-order valence-electron chi connectivity index (χ3n) is 4.36. The van der Waals surface area contributed by atoms with Gasteiger partial charge >= 0.3 is 0 Å². The topological polar surface area (TPSA) is 60.6 Å². The molecule has 3 rings (SSSR count). The third kappa shape index (κ3) is 3.64. The number of hydrazone groups is 1. The Balaban J connectivity index is 1.73. The zero-order valence-electron chi connectivity index (χ0n) is 15.3. The van der Waals surface area contributed by atoms with Crippen LogP contribution in [0.5, 0.6) is 0 Å². The van der Waals surface area contributed by atoms with E-state index in [1.54, 1.807) is 6.92 Å². The van der Waals surface area contributed by atoms with Gasteiger partial charge in [-0.1, -0.05) is 18.2 Å². The van der Waals surface area contributed by atoms with Gasteiger partial charge in [-0.15, -0.1) is 0 Å². The van der Waals surface area contributed by atoms with Crippen LogP contribution in [0.15, 0.2) is 69.9 Å². The van der Waals surface area contributed by atoms with Gasteiger partial charge in [-0.25, -0.2) is 0 Å². The first-order chi connectivity index (χ1) is 12.6. The van der Waals surface area contributed by atoms with Gasteiger partial charge < -0.3 is 4.90 Å². The molecule has 0 aliphatic carbocycles. The molecule has 1 aliphatic rings. The fourth-order valence-electron chi connectivity index (χ4n) is 2.89. The van der Waals surface area contributed by atoms with E-state index in [-0.39, 0.29) is 5.91 Å². The van der Waals surface area contributed by atoms with Crippen LogP contribution >= 0.6 is 0 Å². The minimum atomic E-state index is -0.669. The number of hydrogen-bond acceptors (Lipinski definition) is 5. The zero-order valence-corrected chi connectivity index (χ0v) is 15.3. The van der Waals surface area contributed by atoms with Gasteiger partial charge in [0.25, 0.3) is 5.91 Å². The van der Waals surface area contributed by atoms with Crippen LogP contribution in [0.4, 0.5) is 17.1 Å². The summed E-state index contributed by atoms with van der Waals surface area (Å²) in [4.78, 5) is 14.9. The second-order valence-corrected chi connectivity index (χ2v) is 6.03. The van der Waals surface area contributed by atoms with Gasteiger partial charge in [0.05, 0.1) is 17.1 Å². The summed E-state index contributed by atoms with van der Waals surface area (Å²) in [7, 11) is 0. The van der Waals surface area contributed by atoms with Crippen molar-refractivity contribution in [3.05, 3.63) is 54.6 Å². The molecule has 1 amide bonds. The summed E-state index contributed by atoms with van der Waals surface area (Å²) in [5.74, 6) is -0.183. The molecule has 0 saturated heterocycles. The van der Waals surface area contributed by atoms with Crippen molar-refractivity contribution in [3.63, 3.8) is 0 Å². The van der Waals surface area contributed by atoms with E-state index in [1.165, 1.54) is 5.01 Å². The maximum Gasteiger partial charge on any atom is 0.280 e. The van der Waals surface area contributed by atoms with Crippen LogP contribution in [0.2, 0.25) is 0 Å². The van der Waals surface area contributed by atoms with Gasteiger partial charge in [-0.05, 0) is 57.2 Å². The summed E-state index contributed by atoms with van der Waals surface area (Å²) in [5.41, 5.74) is 3.25. The molecular weight excluding hydrogens is 326 g/mol. The first-order valence-corrected chi connectivity index (χ1v) is 8.84. The fraction of sp³-hybridized carbons (Fsp3) is 0.300. The van der Waals surface area contributed by atoms with Gasteiger partial charge in [0.1, 0.15) is 0 Å². The summed E-state index contributed by atoms with van der Waals surface area (Å²) in [5, 5.41) is 14.2. The smallest absolute Gasteiger partial charge is 0.280 e. The molecule has 1 aliphatic heterocycles. The molecular formula is C20H23N5O. The van der Waals surface area contributed by atoms with Crippen LogP contribution < -0.4 is 9.91 Å². The van der Waals surface area contributed by atoms with Crippen LogP contribution in [0.3, 0.4) is 0 Å². The predicted octanol–water partition coefficient (Wildman–Crippen LogP) is 4.41. The van der Waals surface area contributed by atoms with Crippen molar-refractivity contribution in [2.75, 3.05) is 23.0 Å². The van der Waals surface area contributed by atoms with E-state index >= 15 is 0 Å². The largest absolute Gasteiger partial charge is 0.372 e. The lowest BCUT2D eigenvalue weighted by atomic mass is 10.2. The minimum absolute atomic E-state index is 0.183. The van der Waals surface area contributed by atoms with Crippen molar-refractivity contribution in [1.82, 2.24) is 0 Å². The number of amides is 1. The molecule has 0 fully saturated rings. The SMILES string of the molecule is CCN(CC)c1ccc(N=NC2C(=O)N(c3ccccc3)N=C2C)cc1. The number of carbonyl (C=O) groups excluding carboxylic acids is 1. The molecule has 1 unspecified atom stereocenters. The molecule has 2 aromatic rings. The molecule has 134 valence electrons. The number of anilines is 2. The minimum Gasteiger partial charge on any atom is -0.372 e. The second-order valence-electron chi connectivity index (χ2n) is 6.03. The second kappa shape index (κ2) is 7.91. The van der Waals surface area contributed by atoms with E-state index in [4.69, 9.17) is 0 Å². The van der Waals surface area contributed by atoms with E-state index in [1.807, 2.05) is 54.6 Å². The van der Waals surface area contributed by atoms with Gasteiger partial charge in [0.15, 0.2) is 6.04 Å². The first-order valence-electron chi connectivity index (χ1n) is 8.84.